The number of H-pyrrole nitrogens is 1. The Morgan fingerprint density at radius 3 is 2.58 bits per heavy atom. The Bertz CT molecular complexity index is 893. The Hall–Kier alpha value is -2.71. The highest BCUT2D eigenvalue weighted by Gasteiger charge is 2.14. The SMILES string of the molecule is Cc1ccc(-n2c(O)c(C=NCCN3CCNCC3)c(=O)[nH]c2=O)cc1. The highest BCUT2D eigenvalue weighted by atomic mass is 16.3. The number of hydrogen-bond donors (Lipinski definition) is 3. The molecule has 0 radical (unpaired) electrons. The number of benzene rings is 1. The molecule has 1 aliphatic rings. The molecule has 138 valence electrons. The Balaban J connectivity index is 1.81. The number of aromatic amines is 1. The Morgan fingerprint density at radius 1 is 1.19 bits per heavy atom. The smallest absolute Gasteiger partial charge is 0.335 e. The minimum absolute atomic E-state index is 0.0227. The molecule has 2 heterocycles. The Labute approximate surface area is 150 Å². The zero-order valence-electron chi connectivity index (χ0n) is 14.7. The number of nitrogens with one attached hydrogen (secondary N) is 2. The molecule has 0 amide bonds. The van der Waals surface area contributed by atoms with Crippen molar-refractivity contribution in [2.75, 3.05) is 39.3 Å². The van der Waals surface area contributed by atoms with Crippen LogP contribution in [0.15, 0.2) is 38.8 Å². The van der Waals surface area contributed by atoms with Gasteiger partial charge in [-0.15, -0.1) is 0 Å². The van der Waals surface area contributed by atoms with Crippen LogP contribution in [0.3, 0.4) is 0 Å². The van der Waals surface area contributed by atoms with Crippen molar-refractivity contribution in [1.29, 1.82) is 0 Å². The summed E-state index contributed by atoms with van der Waals surface area (Å²) in [6, 6.07) is 7.07. The summed E-state index contributed by atoms with van der Waals surface area (Å²) in [5.74, 6) is -0.409. The van der Waals surface area contributed by atoms with Gasteiger partial charge < -0.3 is 10.4 Å². The number of hydrogen-bond acceptors (Lipinski definition) is 6. The fraction of sp³-hybridized carbons (Fsp3) is 0.389. The average Bonchev–Trinajstić information content (AvgIpc) is 2.63. The molecule has 1 aromatic carbocycles. The van der Waals surface area contributed by atoms with E-state index in [0.29, 0.717) is 12.2 Å². The van der Waals surface area contributed by atoms with Crippen molar-refractivity contribution in [1.82, 2.24) is 19.8 Å². The van der Waals surface area contributed by atoms with Gasteiger partial charge in [0.05, 0.1) is 12.2 Å². The summed E-state index contributed by atoms with van der Waals surface area (Å²) in [6.45, 7) is 7.10. The van der Waals surface area contributed by atoms with E-state index in [4.69, 9.17) is 0 Å². The van der Waals surface area contributed by atoms with E-state index in [-0.39, 0.29) is 5.56 Å². The molecule has 3 N–H and O–H groups in total. The van der Waals surface area contributed by atoms with Gasteiger partial charge in [0, 0.05) is 38.9 Å². The number of aliphatic imine (C=N–C) groups is 1. The quantitative estimate of drug-likeness (QED) is 0.647. The minimum Gasteiger partial charge on any atom is -0.493 e. The van der Waals surface area contributed by atoms with E-state index in [9.17, 15) is 14.7 Å². The fourth-order valence-corrected chi connectivity index (χ4v) is 2.88. The number of piperazine rings is 1. The number of aromatic nitrogens is 2. The second-order valence-electron chi connectivity index (χ2n) is 6.29. The second-order valence-corrected chi connectivity index (χ2v) is 6.29. The van der Waals surface area contributed by atoms with E-state index in [2.05, 4.69) is 20.2 Å². The second kappa shape index (κ2) is 8.11. The van der Waals surface area contributed by atoms with Gasteiger partial charge in [-0.25, -0.2) is 9.36 Å². The highest BCUT2D eigenvalue weighted by molar-refractivity contribution is 5.82. The number of aromatic hydroxyl groups is 1. The monoisotopic (exact) mass is 357 g/mol. The van der Waals surface area contributed by atoms with Crippen LogP contribution >= 0.6 is 0 Å². The van der Waals surface area contributed by atoms with Crippen molar-refractivity contribution >= 4 is 6.21 Å². The first-order chi connectivity index (χ1) is 12.6. The molecule has 0 saturated carbocycles. The standard InChI is InChI=1S/C18H23N5O3/c1-13-2-4-14(5-3-13)23-17(25)15(16(24)21-18(23)26)12-20-8-11-22-9-6-19-7-10-22/h2-5,12,19,25H,6-11H2,1H3,(H,21,24,26). The molecule has 0 unspecified atom stereocenters. The van der Waals surface area contributed by atoms with Crippen LogP contribution in [0.5, 0.6) is 5.88 Å². The molecular formula is C18H23N5O3. The van der Waals surface area contributed by atoms with Crippen LogP contribution in [-0.2, 0) is 0 Å². The Morgan fingerprint density at radius 2 is 1.88 bits per heavy atom. The first kappa shape index (κ1) is 18.1. The van der Waals surface area contributed by atoms with Crippen LogP contribution in [0.25, 0.3) is 5.69 Å². The van der Waals surface area contributed by atoms with E-state index >= 15 is 0 Å². The fourth-order valence-electron chi connectivity index (χ4n) is 2.88. The van der Waals surface area contributed by atoms with Gasteiger partial charge in [-0.05, 0) is 19.1 Å². The van der Waals surface area contributed by atoms with Gasteiger partial charge in [0.25, 0.3) is 5.56 Å². The van der Waals surface area contributed by atoms with E-state index in [1.807, 2.05) is 19.1 Å². The summed E-state index contributed by atoms with van der Waals surface area (Å²) in [6.07, 6.45) is 1.33. The lowest BCUT2D eigenvalue weighted by Crippen LogP contribution is -2.44. The summed E-state index contributed by atoms with van der Waals surface area (Å²) in [5.41, 5.74) is 0.145. The number of aryl methyl sites for hydroxylation is 1. The van der Waals surface area contributed by atoms with Gasteiger partial charge in [-0.2, -0.15) is 0 Å². The topological polar surface area (TPSA) is 103 Å². The van der Waals surface area contributed by atoms with Gasteiger partial charge in [0.2, 0.25) is 5.88 Å². The molecule has 26 heavy (non-hydrogen) atoms. The maximum Gasteiger partial charge on any atom is 0.335 e. The molecule has 1 saturated heterocycles. The van der Waals surface area contributed by atoms with Crippen LogP contribution in [0, 0.1) is 6.92 Å². The molecule has 1 fully saturated rings. The van der Waals surface area contributed by atoms with E-state index in [0.717, 1.165) is 42.9 Å². The van der Waals surface area contributed by atoms with Crippen molar-refractivity contribution in [3.8, 4) is 11.6 Å². The van der Waals surface area contributed by atoms with Crippen LogP contribution in [0.4, 0.5) is 0 Å². The highest BCUT2D eigenvalue weighted by Crippen LogP contribution is 2.15. The Kier molecular flexibility index (Phi) is 5.65. The summed E-state index contributed by atoms with van der Waals surface area (Å²) in [4.78, 5) is 33.0. The lowest BCUT2D eigenvalue weighted by Gasteiger charge is -2.26. The minimum atomic E-state index is -0.686. The molecule has 0 bridgehead atoms. The molecule has 1 aliphatic heterocycles. The van der Waals surface area contributed by atoms with E-state index < -0.39 is 17.1 Å². The molecule has 3 rings (SSSR count). The third-order valence-corrected chi connectivity index (χ3v) is 4.39. The van der Waals surface area contributed by atoms with Crippen LogP contribution < -0.4 is 16.6 Å². The summed E-state index contributed by atoms with van der Waals surface area (Å²) in [7, 11) is 0. The maximum absolute atomic E-state index is 12.1. The van der Waals surface area contributed by atoms with Gasteiger partial charge in [0.15, 0.2) is 0 Å². The molecule has 8 heteroatoms. The average molecular weight is 357 g/mol. The van der Waals surface area contributed by atoms with Gasteiger partial charge in [-0.3, -0.25) is 19.7 Å². The predicted molar refractivity (Wildman–Crippen MR) is 101 cm³/mol. The van der Waals surface area contributed by atoms with Gasteiger partial charge in [-0.1, -0.05) is 17.7 Å². The lowest BCUT2D eigenvalue weighted by atomic mass is 10.2. The van der Waals surface area contributed by atoms with Crippen LogP contribution in [0.1, 0.15) is 11.1 Å². The number of rotatable bonds is 5. The zero-order valence-corrected chi connectivity index (χ0v) is 14.7. The normalized spacial score (nSPS) is 15.6. The van der Waals surface area contributed by atoms with Crippen molar-refractivity contribution in [2.45, 2.75) is 6.92 Å². The molecular weight excluding hydrogens is 334 g/mol. The molecule has 2 aromatic rings. The third kappa shape index (κ3) is 4.09. The van der Waals surface area contributed by atoms with Gasteiger partial charge >= 0.3 is 5.69 Å². The third-order valence-electron chi connectivity index (χ3n) is 4.39. The molecule has 1 aromatic heterocycles. The molecule has 0 atom stereocenters. The zero-order chi connectivity index (χ0) is 18.5. The van der Waals surface area contributed by atoms with Crippen molar-refractivity contribution in [3.05, 3.63) is 56.2 Å². The van der Waals surface area contributed by atoms with E-state index in [1.165, 1.54) is 6.21 Å². The van der Waals surface area contributed by atoms with Gasteiger partial charge in [0.1, 0.15) is 5.56 Å². The largest absolute Gasteiger partial charge is 0.493 e. The molecule has 0 spiro atoms. The lowest BCUT2D eigenvalue weighted by molar-refractivity contribution is 0.248. The first-order valence-electron chi connectivity index (χ1n) is 8.64. The summed E-state index contributed by atoms with van der Waals surface area (Å²) < 4.78 is 1.07. The maximum atomic E-state index is 12.1. The van der Waals surface area contributed by atoms with Crippen molar-refractivity contribution in [2.24, 2.45) is 4.99 Å². The summed E-state index contributed by atoms with van der Waals surface area (Å²) >= 11 is 0. The first-order valence-corrected chi connectivity index (χ1v) is 8.64. The van der Waals surface area contributed by atoms with Crippen LogP contribution in [-0.4, -0.2) is 65.0 Å². The van der Waals surface area contributed by atoms with Crippen molar-refractivity contribution in [3.63, 3.8) is 0 Å². The summed E-state index contributed by atoms with van der Waals surface area (Å²) in [5, 5.41) is 13.7. The van der Waals surface area contributed by atoms with E-state index in [1.54, 1.807) is 12.1 Å². The van der Waals surface area contributed by atoms with Crippen molar-refractivity contribution < 1.29 is 5.11 Å². The predicted octanol–water partition coefficient (Wildman–Crippen LogP) is -0.136. The molecule has 8 nitrogen and oxygen atoms in total. The van der Waals surface area contributed by atoms with Crippen LogP contribution in [0.2, 0.25) is 0 Å². The molecule has 0 aliphatic carbocycles. The number of nitrogens with zero attached hydrogens (tertiary/aromatic N) is 3.